The zero-order chi connectivity index (χ0) is 17.9. The maximum Gasteiger partial charge on any atom is 0.245 e. The van der Waals surface area contributed by atoms with E-state index in [0.29, 0.717) is 19.6 Å². The van der Waals surface area contributed by atoms with E-state index in [-0.39, 0.29) is 17.1 Å². The molecule has 132 valence electrons. The predicted octanol–water partition coefficient (Wildman–Crippen LogP) is 2.74. The van der Waals surface area contributed by atoms with Crippen molar-refractivity contribution in [2.75, 3.05) is 13.2 Å². The van der Waals surface area contributed by atoms with Gasteiger partial charge < -0.3 is 10.1 Å². The minimum atomic E-state index is -1.21. The lowest BCUT2D eigenvalue weighted by molar-refractivity contribution is -0.132. The molecule has 0 bridgehead atoms. The van der Waals surface area contributed by atoms with Gasteiger partial charge in [-0.05, 0) is 25.3 Å². The van der Waals surface area contributed by atoms with Crippen molar-refractivity contribution in [2.45, 2.75) is 44.4 Å². The number of hydrogen-bond acceptors (Lipinski definition) is 4. The molecule has 1 N–H and O–H groups in total. The van der Waals surface area contributed by atoms with Gasteiger partial charge in [0, 0.05) is 23.4 Å². The Bertz CT molecular complexity index is 709. The van der Waals surface area contributed by atoms with E-state index in [1.807, 2.05) is 30.3 Å². The van der Waals surface area contributed by atoms with Gasteiger partial charge in [-0.3, -0.25) is 9.59 Å². The van der Waals surface area contributed by atoms with Gasteiger partial charge in [0.1, 0.15) is 5.75 Å². The van der Waals surface area contributed by atoms with Gasteiger partial charge >= 0.3 is 0 Å². The van der Waals surface area contributed by atoms with E-state index >= 15 is 0 Å². The molecule has 1 heterocycles. The van der Waals surface area contributed by atoms with Gasteiger partial charge in [-0.25, -0.2) is 0 Å². The summed E-state index contributed by atoms with van der Waals surface area (Å²) in [5.41, 5.74) is 0.795. The van der Waals surface area contributed by atoms with Crippen LogP contribution in [-0.4, -0.2) is 24.8 Å². The van der Waals surface area contributed by atoms with Crippen LogP contribution in [0.3, 0.4) is 0 Å². The van der Waals surface area contributed by atoms with Gasteiger partial charge in [0.15, 0.2) is 11.7 Å². The Kier molecular flexibility index (Phi) is 5.08. The third-order valence-corrected chi connectivity index (χ3v) is 5.40. The summed E-state index contributed by atoms with van der Waals surface area (Å²) < 4.78 is 5.68. The molecule has 3 rings (SSSR count). The highest BCUT2D eigenvalue weighted by Gasteiger charge is 2.62. The van der Waals surface area contributed by atoms with Crippen LogP contribution < -0.4 is 10.1 Å². The van der Waals surface area contributed by atoms with Crippen LogP contribution in [0.2, 0.25) is 0 Å². The van der Waals surface area contributed by atoms with E-state index in [1.54, 1.807) is 0 Å². The van der Waals surface area contributed by atoms with E-state index in [4.69, 9.17) is 4.74 Å². The molecule has 0 aromatic heterocycles. The third kappa shape index (κ3) is 3.26. The molecule has 1 spiro atoms. The van der Waals surface area contributed by atoms with Crippen LogP contribution in [0.4, 0.5) is 0 Å². The Morgan fingerprint density at radius 1 is 1.40 bits per heavy atom. The highest BCUT2D eigenvalue weighted by molar-refractivity contribution is 6.06. The van der Waals surface area contributed by atoms with Crippen molar-refractivity contribution in [2.24, 2.45) is 11.8 Å². The first-order valence-electron chi connectivity index (χ1n) is 9.07. The minimum absolute atomic E-state index is 0.243. The molecule has 1 aromatic carbocycles. The molecule has 1 aromatic rings. The number of carbonyl (C=O) groups excluding carboxylic acids is 2. The van der Waals surface area contributed by atoms with Crippen molar-refractivity contribution < 1.29 is 14.3 Å². The molecule has 5 heteroatoms. The van der Waals surface area contributed by atoms with Crippen LogP contribution in [-0.2, 0) is 15.0 Å². The average Bonchev–Trinajstić information content (AvgIpc) is 3.34. The molecule has 1 aliphatic heterocycles. The molecular formula is C20H24N2O3. The first kappa shape index (κ1) is 17.5. The lowest BCUT2D eigenvalue weighted by atomic mass is 9.84. The molecule has 1 aliphatic carbocycles. The molecule has 0 unspecified atom stereocenters. The number of nitriles is 1. The fourth-order valence-corrected chi connectivity index (χ4v) is 3.88. The van der Waals surface area contributed by atoms with Crippen molar-refractivity contribution in [3.8, 4) is 11.8 Å². The molecule has 25 heavy (non-hydrogen) atoms. The van der Waals surface area contributed by atoms with Crippen molar-refractivity contribution in [1.29, 1.82) is 5.26 Å². The zero-order valence-electron chi connectivity index (χ0n) is 14.6. The summed E-state index contributed by atoms with van der Waals surface area (Å²) in [4.78, 5) is 25.1. The second-order valence-corrected chi connectivity index (χ2v) is 6.97. The monoisotopic (exact) mass is 340 g/mol. The second kappa shape index (κ2) is 7.26. The molecular weight excluding hydrogens is 316 g/mol. The maximum absolute atomic E-state index is 12.8. The highest BCUT2D eigenvalue weighted by Crippen LogP contribution is 2.61. The number of para-hydroxylation sites is 1. The van der Waals surface area contributed by atoms with Crippen molar-refractivity contribution in [3.63, 3.8) is 0 Å². The summed E-state index contributed by atoms with van der Waals surface area (Å²) in [6.07, 6.45) is 4.41. The molecule has 0 radical (unpaired) electrons. The summed E-state index contributed by atoms with van der Waals surface area (Å²) in [7, 11) is 0. The summed E-state index contributed by atoms with van der Waals surface area (Å²) in [6.45, 7) is 3.17. The van der Waals surface area contributed by atoms with Crippen LogP contribution in [0.25, 0.3) is 0 Å². The smallest absolute Gasteiger partial charge is 0.245 e. The quantitative estimate of drug-likeness (QED) is 0.611. The Morgan fingerprint density at radius 2 is 2.20 bits per heavy atom. The summed E-state index contributed by atoms with van der Waals surface area (Å²) in [6, 6.07) is 9.68. The number of fused-ring (bicyclic) bond motifs is 2. The number of nitrogens with zero attached hydrogens (tertiary/aromatic N) is 1. The van der Waals surface area contributed by atoms with Crippen molar-refractivity contribution in [1.82, 2.24) is 5.32 Å². The summed E-state index contributed by atoms with van der Waals surface area (Å²) in [5, 5.41) is 12.1. The first-order chi connectivity index (χ1) is 12.1. The van der Waals surface area contributed by atoms with E-state index in [2.05, 4.69) is 12.2 Å². The van der Waals surface area contributed by atoms with E-state index < -0.39 is 11.8 Å². The molecule has 1 saturated carbocycles. The Balaban J connectivity index is 1.68. The standard InChI is InChI=1S/C20H24N2O3/c1-2-3-6-10-22-19(24)14(13-21)18(23)16-12-20(16)9-11-25-17-8-5-4-7-15(17)20/h4-5,7-8,14,16H,2-3,6,9-12H2,1H3,(H,22,24)/t14-,16-,20-/m1/s1. The van der Waals surface area contributed by atoms with E-state index in [0.717, 1.165) is 37.0 Å². The topological polar surface area (TPSA) is 79.2 Å². The number of carbonyl (C=O) groups is 2. The van der Waals surface area contributed by atoms with Crippen molar-refractivity contribution in [3.05, 3.63) is 29.8 Å². The molecule has 1 amide bonds. The number of benzene rings is 1. The largest absolute Gasteiger partial charge is 0.493 e. The Hall–Kier alpha value is -2.35. The van der Waals surface area contributed by atoms with Crippen LogP contribution in [0.1, 0.15) is 44.6 Å². The van der Waals surface area contributed by atoms with Gasteiger partial charge in [0.25, 0.3) is 0 Å². The lowest BCUT2D eigenvalue weighted by Gasteiger charge is -2.27. The van der Waals surface area contributed by atoms with Gasteiger partial charge in [0.05, 0.1) is 12.7 Å². The van der Waals surface area contributed by atoms with Gasteiger partial charge in [0.2, 0.25) is 5.91 Å². The predicted molar refractivity (Wildman–Crippen MR) is 93.0 cm³/mol. The average molecular weight is 340 g/mol. The van der Waals surface area contributed by atoms with Gasteiger partial charge in [-0.15, -0.1) is 0 Å². The SMILES string of the molecule is CCCCCNC(=O)[C@H](C#N)C(=O)[C@H]1C[C@@]12CCOc1ccccc12. The first-order valence-corrected chi connectivity index (χ1v) is 9.07. The molecule has 3 atom stereocenters. The second-order valence-electron chi connectivity index (χ2n) is 6.97. The normalized spacial score (nSPS) is 24.6. The van der Waals surface area contributed by atoms with Gasteiger partial charge in [-0.2, -0.15) is 5.26 Å². The van der Waals surface area contributed by atoms with Crippen LogP contribution >= 0.6 is 0 Å². The lowest BCUT2D eigenvalue weighted by Crippen LogP contribution is -2.37. The maximum atomic E-state index is 12.8. The molecule has 1 fully saturated rings. The zero-order valence-corrected chi connectivity index (χ0v) is 14.6. The number of ketones is 1. The van der Waals surface area contributed by atoms with E-state index in [1.165, 1.54) is 0 Å². The number of ether oxygens (including phenoxy) is 1. The molecule has 5 nitrogen and oxygen atoms in total. The number of amides is 1. The van der Waals surface area contributed by atoms with E-state index in [9.17, 15) is 14.9 Å². The highest BCUT2D eigenvalue weighted by atomic mass is 16.5. The van der Waals surface area contributed by atoms with Crippen molar-refractivity contribution >= 4 is 11.7 Å². The number of hydrogen-bond donors (Lipinski definition) is 1. The fourth-order valence-electron chi connectivity index (χ4n) is 3.88. The Morgan fingerprint density at radius 3 is 2.96 bits per heavy atom. The fraction of sp³-hybridized carbons (Fsp3) is 0.550. The minimum Gasteiger partial charge on any atom is -0.493 e. The Labute approximate surface area is 148 Å². The van der Waals surface area contributed by atoms with Crippen LogP contribution in [0.5, 0.6) is 5.75 Å². The van der Waals surface area contributed by atoms with Crippen LogP contribution in [0, 0.1) is 23.2 Å². The number of Topliss-reactive ketones (excluding diaryl/α,β-unsaturated/α-hetero) is 1. The van der Waals surface area contributed by atoms with Gasteiger partial charge in [-0.1, -0.05) is 38.0 Å². The summed E-state index contributed by atoms with van der Waals surface area (Å²) in [5.74, 6) is -1.34. The molecule has 0 saturated heterocycles. The van der Waals surface area contributed by atoms with Crippen LogP contribution in [0.15, 0.2) is 24.3 Å². The third-order valence-electron chi connectivity index (χ3n) is 5.40. The summed E-state index contributed by atoms with van der Waals surface area (Å²) >= 11 is 0. The number of unbranched alkanes of at least 4 members (excludes halogenated alkanes) is 2. The molecule has 2 aliphatic rings. The number of rotatable bonds is 7. The number of nitrogens with one attached hydrogen (secondary N) is 1.